The van der Waals surface area contributed by atoms with Crippen molar-refractivity contribution in [2.45, 2.75) is 25.5 Å². The zero-order valence-corrected chi connectivity index (χ0v) is 9.56. The van der Waals surface area contributed by atoms with Crippen LogP contribution in [0.4, 0.5) is 0 Å². The summed E-state index contributed by atoms with van der Waals surface area (Å²) in [6, 6.07) is 0.402. The molecule has 1 N–H and O–H groups in total. The minimum absolute atomic E-state index is 0.263. The molecule has 0 saturated carbocycles. The largest absolute Gasteiger partial charge is 0.371 e. The average molecular weight is 211 g/mol. The van der Waals surface area contributed by atoms with E-state index in [0.717, 1.165) is 18.8 Å². The van der Waals surface area contributed by atoms with Gasteiger partial charge in [-0.1, -0.05) is 12.2 Å². The molecule has 0 radical (unpaired) electrons. The van der Waals surface area contributed by atoms with Gasteiger partial charge in [-0.25, -0.2) is 0 Å². The highest BCUT2D eigenvalue weighted by atomic mass is 32.2. The summed E-state index contributed by atoms with van der Waals surface area (Å²) in [7, 11) is 1.99. The van der Waals surface area contributed by atoms with Crippen LogP contribution in [0.1, 0.15) is 13.3 Å². The topological polar surface area (TPSA) is 21.3 Å². The van der Waals surface area contributed by atoms with Crippen LogP contribution in [-0.4, -0.2) is 31.6 Å². The Balaban J connectivity index is 2.21. The number of nitrogens with one attached hydrogen (secondary N) is 1. The molecule has 2 aliphatic heterocycles. The monoisotopic (exact) mass is 211 g/mol. The Hall–Kier alpha value is -0.250. The summed E-state index contributed by atoms with van der Waals surface area (Å²) in [6.07, 6.45) is 5.85. The summed E-state index contributed by atoms with van der Waals surface area (Å²) in [4.78, 5) is 1.45. The number of allylic oxidation sites excluding steroid dienone is 1. The van der Waals surface area contributed by atoms with Crippen molar-refractivity contribution in [3.8, 4) is 0 Å². The van der Waals surface area contributed by atoms with Crippen LogP contribution in [0.15, 0.2) is 22.6 Å². The van der Waals surface area contributed by atoms with E-state index < -0.39 is 0 Å². The first-order chi connectivity index (χ1) is 6.83. The van der Waals surface area contributed by atoms with Gasteiger partial charge in [0.1, 0.15) is 6.10 Å². The Morgan fingerprint density at radius 2 is 2.50 bits per heavy atom. The zero-order chi connectivity index (χ0) is 9.97. The molecule has 0 aromatic heterocycles. The predicted molar refractivity (Wildman–Crippen MR) is 61.5 cm³/mol. The van der Waals surface area contributed by atoms with Crippen molar-refractivity contribution in [2.75, 3.05) is 19.4 Å². The summed E-state index contributed by atoms with van der Waals surface area (Å²) in [5, 5.41) is 3.27. The molecule has 0 amide bonds. The molecule has 2 heterocycles. The van der Waals surface area contributed by atoms with Gasteiger partial charge in [0.25, 0.3) is 0 Å². The van der Waals surface area contributed by atoms with Crippen LogP contribution in [0.5, 0.6) is 0 Å². The van der Waals surface area contributed by atoms with E-state index in [-0.39, 0.29) is 6.10 Å². The van der Waals surface area contributed by atoms with Gasteiger partial charge in [0.05, 0.1) is 6.61 Å². The smallest absolute Gasteiger partial charge is 0.104 e. The van der Waals surface area contributed by atoms with Gasteiger partial charge in [-0.2, -0.15) is 0 Å². The van der Waals surface area contributed by atoms with Gasteiger partial charge in [-0.15, -0.1) is 11.8 Å². The maximum atomic E-state index is 5.82. The molecule has 2 nitrogen and oxygen atoms in total. The lowest BCUT2D eigenvalue weighted by Crippen LogP contribution is -2.40. The molecular weight excluding hydrogens is 194 g/mol. The zero-order valence-electron chi connectivity index (χ0n) is 8.75. The minimum Gasteiger partial charge on any atom is -0.371 e. The molecule has 0 unspecified atom stereocenters. The molecule has 3 heteroatoms. The fraction of sp³-hybridized carbons (Fsp3) is 0.636. The summed E-state index contributed by atoms with van der Waals surface area (Å²) in [5.74, 6) is 1.09. The van der Waals surface area contributed by atoms with Crippen LogP contribution >= 0.6 is 11.8 Å². The van der Waals surface area contributed by atoms with Gasteiger partial charge in [0.2, 0.25) is 0 Å². The van der Waals surface area contributed by atoms with Gasteiger partial charge in [0, 0.05) is 16.7 Å². The van der Waals surface area contributed by atoms with Crippen LogP contribution in [-0.2, 0) is 4.74 Å². The van der Waals surface area contributed by atoms with E-state index in [1.807, 2.05) is 18.8 Å². The first-order valence-corrected chi connectivity index (χ1v) is 6.12. The van der Waals surface area contributed by atoms with Gasteiger partial charge in [0.15, 0.2) is 0 Å². The molecule has 2 rings (SSSR count). The van der Waals surface area contributed by atoms with Gasteiger partial charge < -0.3 is 10.1 Å². The summed E-state index contributed by atoms with van der Waals surface area (Å²) < 4.78 is 5.82. The van der Waals surface area contributed by atoms with Gasteiger partial charge in [-0.3, -0.25) is 0 Å². The third kappa shape index (κ3) is 1.90. The third-order valence-corrected chi connectivity index (χ3v) is 3.97. The lowest BCUT2D eigenvalue weighted by Gasteiger charge is -2.32. The van der Waals surface area contributed by atoms with Crippen molar-refractivity contribution in [1.82, 2.24) is 5.32 Å². The van der Waals surface area contributed by atoms with E-state index >= 15 is 0 Å². The summed E-state index contributed by atoms with van der Waals surface area (Å²) in [5.41, 5.74) is 1.49. The SMILES string of the molecule is CN[C@@H](C)[C@@H]1OCCC2=C1SCC=C2. The Morgan fingerprint density at radius 3 is 3.29 bits per heavy atom. The van der Waals surface area contributed by atoms with E-state index in [4.69, 9.17) is 4.74 Å². The highest BCUT2D eigenvalue weighted by Crippen LogP contribution is 2.35. The molecule has 0 fully saturated rings. The van der Waals surface area contributed by atoms with Crippen LogP contribution < -0.4 is 5.32 Å². The van der Waals surface area contributed by atoms with E-state index in [9.17, 15) is 0 Å². The third-order valence-electron chi connectivity index (χ3n) is 2.81. The number of thioether (sulfide) groups is 1. The fourth-order valence-corrected chi connectivity index (χ4v) is 3.03. The number of likely N-dealkylation sites (N-methyl/N-ethyl adjacent to an activating group) is 1. The standard InChI is InChI=1S/C11H17NOS/c1-8(12-2)10-11-9(5-6-13-10)4-3-7-14-11/h3-4,8,10,12H,5-7H2,1-2H3/t8-,10-/m0/s1. The molecule has 2 aliphatic rings. The van der Waals surface area contributed by atoms with Crippen molar-refractivity contribution < 1.29 is 4.74 Å². The molecular formula is C11H17NOS. The lowest BCUT2D eigenvalue weighted by atomic mass is 10.0. The first-order valence-electron chi connectivity index (χ1n) is 5.14. The second kappa shape index (κ2) is 4.51. The van der Waals surface area contributed by atoms with E-state index in [1.165, 1.54) is 10.5 Å². The Kier molecular flexibility index (Phi) is 3.31. The maximum Gasteiger partial charge on any atom is 0.104 e. The lowest BCUT2D eigenvalue weighted by molar-refractivity contribution is 0.0543. The molecule has 0 bridgehead atoms. The van der Waals surface area contributed by atoms with Crippen molar-refractivity contribution in [1.29, 1.82) is 0 Å². The highest BCUT2D eigenvalue weighted by Gasteiger charge is 2.28. The Bertz CT molecular complexity index is 272. The van der Waals surface area contributed by atoms with Crippen LogP contribution in [0.25, 0.3) is 0 Å². The first kappa shape index (κ1) is 10.3. The number of hydrogen-bond donors (Lipinski definition) is 1. The van der Waals surface area contributed by atoms with Crippen molar-refractivity contribution >= 4 is 11.8 Å². The highest BCUT2D eigenvalue weighted by molar-refractivity contribution is 8.03. The summed E-state index contributed by atoms with van der Waals surface area (Å²) >= 11 is 1.93. The molecule has 0 aromatic carbocycles. The maximum absolute atomic E-state index is 5.82. The number of ether oxygens (including phenoxy) is 1. The Morgan fingerprint density at radius 1 is 1.64 bits per heavy atom. The van der Waals surface area contributed by atoms with Crippen molar-refractivity contribution in [2.24, 2.45) is 0 Å². The van der Waals surface area contributed by atoms with Crippen LogP contribution in [0.2, 0.25) is 0 Å². The van der Waals surface area contributed by atoms with Crippen LogP contribution in [0, 0.1) is 0 Å². The Labute approximate surface area is 89.8 Å². The molecule has 0 spiro atoms. The molecule has 0 aliphatic carbocycles. The minimum atomic E-state index is 0.263. The number of rotatable bonds is 2. The molecule has 2 atom stereocenters. The summed E-state index contributed by atoms with van der Waals surface area (Å²) in [6.45, 7) is 3.04. The van der Waals surface area contributed by atoms with Crippen LogP contribution in [0.3, 0.4) is 0 Å². The van der Waals surface area contributed by atoms with E-state index in [1.54, 1.807) is 0 Å². The molecule has 0 aromatic rings. The van der Waals surface area contributed by atoms with Crippen molar-refractivity contribution in [3.05, 3.63) is 22.6 Å². The normalized spacial score (nSPS) is 28.9. The van der Waals surface area contributed by atoms with E-state index in [2.05, 4.69) is 24.4 Å². The molecule has 78 valence electrons. The predicted octanol–water partition coefficient (Wildman–Crippen LogP) is 1.94. The van der Waals surface area contributed by atoms with Gasteiger partial charge in [-0.05, 0) is 26.0 Å². The fourth-order valence-electron chi connectivity index (χ4n) is 1.87. The average Bonchev–Trinajstić information content (AvgIpc) is 2.27. The van der Waals surface area contributed by atoms with E-state index in [0.29, 0.717) is 6.04 Å². The second-order valence-electron chi connectivity index (χ2n) is 3.72. The van der Waals surface area contributed by atoms with Crippen molar-refractivity contribution in [3.63, 3.8) is 0 Å². The molecule has 0 saturated heterocycles. The van der Waals surface area contributed by atoms with Gasteiger partial charge >= 0.3 is 0 Å². The second-order valence-corrected chi connectivity index (χ2v) is 4.78. The number of hydrogen-bond acceptors (Lipinski definition) is 3. The molecule has 14 heavy (non-hydrogen) atoms. The quantitative estimate of drug-likeness (QED) is 0.754.